The lowest BCUT2D eigenvalue weighted by Crippen LogP contribution is -2.20. The van der Waals surface area contributed by atoms with E-state index in [1.807, 2.05) is 5.32 Å². The lowest BCUT2D eigenvalue weighted by Gasteiger charge is -2.20. The van der Waals surface area contributed by atoms with Crippen LogP contribution in [0, 0.1) is 0 Å². The summed E-state index contributed by atoms with van der Waals surface area (Å²) >= 11 is 0. The second kappa shape index (κ2) is 8.36. The van der Waals surface area contributed by atoms with E-state index >= 15 is 0 Å². The van der Waals surface area contributed by atoms with Crippen LogP contribution in [-0.4, -0.2) is 24.4 Å². The fourth-order valence-electron chi connectivity index (χ4n) is 1.69. The van der Waals surface area contributed by atoms with Gasteiger partial charge in [-0.25, -0.2) is 9.36 Å². The number of carboxylic acid groups (broad SMARTS) is 1. The number of phosphoric acid groups is 1. The Morgan fingerprint density at radius 3 is 2.29 bits per heavy atom. The second-order valence-corrected chi connectivity index (χ2v) is 5.95. The van der Waals surface area contributed by atoms with Gasteiger partial charge in [0.2, 0.25) is 0 Å². The van der Waals surface area contributed by atoms with Gasteiger partial charge < -0.3 is 14.9 Å². The van der Waals surface area contributed by atoms with Crippen LogP contribution < -0.4 is 9.84 Å². The maximum atomic E-state index is 13.2. The van der Waals surface area contributed by atoms with E-state index in [1.165, 1.54) is 19.9 Å². The van der Waals surface area contributed by atoms with Crippen molar-refractivity contribution in [2.45, 2.75) is 26.6 Å². The van der Waals surface area contributed by atoms with Gasteiger partial charge >= 0.3 is 20.1 Å². The first kappa shape index (κ1) is 20.3. The van der Waals surface area contributed by atoms with Gasteiger partial charge in [0.25, 0.3) is 0 Å². The smallest absolute Gasteiger partial charge is 0.465 e. The van der Waals surface area contributed by atoms with Gasteiger partial charge in [-0.3, -0.25) is 9.05 Å². The normalized spacial score (nSPS) is 12.0. The van der Waals surface area contributed by atoms with Gasteiger partial charge in [-0.05, 0) is 31.5 Å². The number of hydrogen-bond acceptors (Lipinski definition) is 5. The number of hydrogen-bond donors (Lipinski definition) is 2. The first-order chi connectivity index (χ1) is 11.1. The van der Waals surface area contributed by atoms with Gasteiger partial charge in [-0.2, -0.15) is 13.2 Å². The van der Waals surface area contributed by atoms with Crippen molar-refractivity contribution in [2.24, 2.45) is 0 Å². The zero-order chi connectivity index (χ0) is 18.4. The first-order valence-electron chi connectivity index (χ1n) is 6.87. The molecule has 1 rings (SSSR count). The summed E-state index contributed by atoms with van der Waals surface area (Å²) in [4.78, 5) is 10.4. The molecule has 1 amide bonds. The molecule has 0 fully saturated rings. The second-order valence-electron chi connectivity index (χ2n) is 4.36. The van der Waals surface area contributed by atoms with Gasteiger partial charge in [0, 0.05) is 6.54 Å². The largest absolute Gasteiger partial charge is 0.530 e. The van der Waals surface area contributed by atoms with Gasteiger partial charge in [-0.1, -0.05) is 6.07 Å². The Kier molecular flexibility index (Phi) is 7.07. The minimum atomic E-state index is -4.81. The number of halogens is 3. The summed E-state index contributed by atoms with van der Waals surface area (Å²) in [6.07, 6.45) is -6.18. The van der Waals surface area contributed by atoms with Gasteiger partial charge in [0.05, 0.1) is 18.8 Å². The highest BCUT2D eigenvalue weighted by Gasteiger charge is 2.38. The number of amides is 1. The summed E-state index contributed by atoms with van der Waals surface area (Å²) < 4.78 is 66.3. The lowest BCUT2D eigenvalue weighted by atomic mass is 10.1. The summed E-state index contributed by atoms with van der Waals surface area (Å²) in [6.45, 7) is 2.48. The van der Waals surface area contributed by atoms with Crippen molar-refractivity contribution in [1.29, 1.82) is 0 Å². The molecule has 0 aliphatic carbocycles. The molecule has 1 aromatic rings. The molecule has 0 saturated heterocycles. The highest BCUT2D eigenvalue weighted by Crippen LogP contribution is 2.51. The minimum Gasteiger partial charge on any atom is -0.465 e. The van der Waals surface area contributed by atoms with Crippen LogP contribution in [0.3, 0.4) is 0 Å². The Balaban J connectivity index is 3.17. The third kappa shape index (κ3) is 6.03. The molecule has 0 unspecified atom stereocenters. The zero-order valence-corrected chi connectivity index (χ0v) is 13.8. The quantitative estimate of drug-likeness (QED) is 0.670. The molecule has 0 bridgehead atoms. The van der Waals surface area contributed by atoms with Crippen LogP contribution >= 0.6 is 7.82 Å². The molecule has 11 heteroatoms. The summed E-state index contributed by atoms with van der Waals surface area (Å²) in [5, 5.41) is 10.5. The number of benzene rings is 1. The van der Waals surface area contributed by atoms with Crippen molar-refractivity contribution in [3.63, 3.8) is 0 Å². The van der Waals surface area contributed by atoms with E-state index in [0.717, 1.165) is 6.07 Å². The molecule has 2 N–H and O–H groups in total. The molecule has 0 radical (unpaired) electrons. The van der Waals surface area contributed by atoms with Crippen molar-refractivity contribution in [3.05, 3.63) is 29.3 Å². The van der Waals surface area contributed by atoms with Crippen LogP contribution in [0.4, 0.5) is 18.0 Å². The van der Waals surface area contributed by atoms with Crippen molar-refractivity contribution in [1.82, 2.24) is 5.32 Å². The predicted molar refractivity (Wildman–Crippen MR) is 77.8 cm³/mol. The molecule has 0 aromatic heterocycles. The number of alkyl halides is 3. The van der Waals surface area contributed by atoms with E-state index in [1.54, 1.807) is 0 Å². The Hall–Kier alpha value is -1.77. The zero-order valence-electron chi connectivity index (χ0n) is 12.9. The van der Waals surface area contributed by atoms with Crippen LogP contribution in [0.5, 0.6) is 5.75 Å². The van der Waals surface area contributed by atoms with Crippen LogP contribution in [0.2, 0.25) is 0 Å². The maximum Gasteiger partial charge on any atom is 0.530 e. The molecule has 1 aromatic carbocycles. The number of rotatable bonds is 8. The number of nitrogens with one attached hydrogen (secondary N) is 1. The number of carbonyl (C=O) groups is 1. The molecule has 7 nitrogen and oxygen atoms in total. The van der Waals surface area contributed by atoms with Crippen LogP contribution in [0.15, 0.2) is 18.2 Å². The molecule has 0 aliphatic rings. The van der Waals surface area contributed by atoms with Crippen molar-refractivity contribution in [2.75, 3.05) is 13.2 Å². The van der Waals surface area contributed by atoms with E-state index in [2.05, 4.69) is 0 Å². The third-order valence-electron chi connectivity index (χ3n) is 2.58. The van der Waals surface area contributed by atoms with E-state index < -0.39 is 31.4 Å². The Morgan fingerprint density at radius 2 is 1.83 bits per heavy atom. The molecular weight excluding hydrogens is 354 g/mol. The Labute approximate surface area is 136 Å². The maximum absolute atomic E-state index is 13.2. The van der Waals surface area contributed by atoms with Gasteiger partial charge in [0.15, 0.2) is 0 Å². The predicted octanol–water partition coefficient (Wildman–Crippen LogP) is 4.03. The molecule has 0 saturated carbocycles. The monoisotopic (exact) mass is 371 g/mol. The fraction of sp³-hybridized carbons (Fsp3) is 0.462. The highest BCUT2D eigenvalue weighted by atomic mass is 31.2. The molecule has 0 spiro atoms. The lowest BCUT2D eigenvalue weighted by molar-refractivity contribution is -0.138. The summed E-state index contributed by atoms with van der Waals surface area (Å²) in [6, 6.07) is 2.85. The standard InChI is InChI=1S/C13H17F3NO6P/c1-3-21-24(20,22-4-2)23-11-6-5-9(8-17-12(18)19)7-10(11)13(14,15)16/h5-7,17H,3-4,8H2,1-2H3,(H,18,19). The third-order valence-corrected chi connectivity index (χ3v) is 4.15. The van der Waals surface area contributed by atoms with E-state index in [-0.39, 0.29) is 25.3 Å². The topological polar surface area (TPSA) is 94.1 Å². The van der Waals surface area contributed by atoms with Gasteiger partial charge in [-0.15, -0.1) is 0 Å². The van der Waals surface area contributed by atoms with Gasteiger partial charge in [0.1, 0.15) is 5.75 Å². The first-order valence-corrected chi connectivity index (χ1v) is 8.33. The SMILES string of the molecule is CCOP(=O)(OCC)Oc1ccc(CNC(=O)O)cc1C(F)(F)F. The minimum absolute atomic E-state index is 0.0553. The Bertz CT molecular complexity index is 612. The molecule has 0 atom stereocenters. The van der Waals surface area contributed by atoms with Crippen molar-refractivity contribution < 1.29 is 41.2 Å². The molecule has 0 aliphatic heterocycles. The summed E-state index contributed by atoms with van der Waals surface area (Å²) in [7, 11) is -4.19. The molecule has 24 heavy (non-hydrogen) atoms. The summed E-state index contributed by atoms with van der Waals surface area (Å²) in [5.41, 5.74) is -1.16. The van der Waals surface area contributed by atoms with Crippen LogP contribution in [0.25, 0.3) is 0 Å². The average molecular weight is 371 g/mol. The Morgan fingerprint density at radius 1 is 1.25 bits per heavy atom. The van der Waals surface area contributed by atoms with Crippen LogP contribution in [0.1, 0.15) is 25.0 Å². The van der Waals surface area contributed by atoms with E-state index in [9.17, 15) is 22.5 Å². The fourth-order valence-corrected chi connectivity index (χ4v) is 2.91. The van der Waals surface area contributed by atoms with Crippen LogP contribution in [-0.2, 0) is 26.3 Å². The van der Waals surface area contributed by atoms with E-state index in [0.29, 0.717) is 6.07 Å². The molecule has 136 valence electrons. The summed E-state index contributed by atoms with van der Waals surface area (Å²) in [5.74, 6) is -0.730. The van der Waals surface area contributed by atoms with Crippen molar-refractivity contribution in [3.8, 4) is 5.75 Å². The van der Waals surface area contributed by atoms with Crippen molar-refractivity contribution >= 4 is 13.9 Å². The highest BCUT2D eigenvalue weighted by molar-refractivity contribution is 7.48. The number of phosphoric ester groups is 1. The molecular formula is C13H17F3NO6P. The molecule has 0 heterocycles. The average Bonchev–Trinajstić information content (AvgIpc) is 2.45. The van der Waals surface area contributed by atoms with E-state index in [4.69, 9.17) is 18.7 Å².